The van der Waals surface area contributed by atoms with Crippen molar-refractivity contribution in [3.05, 3.63) is 65.9 Å². The fourth-order valence-electron chi connectivity index (χ4n) is 3.79. The fourth-order valence-corrected chi connectivity index (χ4v) is 3.79. The van der Waals surface area contributed by atoms with E-state index >= 15 is 0 Å². The van der Waals surface area contributed by atoms with E-state index in [1.165, 1.54) is 30.5 Å². The van der Waals surface area contributed by atoms with Crippen molar-refractivity contribution in [2.75, 3.05) is 29.0 Å². The molecule has 0 bridgehead atoms. The Bertz CT molecular complexity index is 1220. The van der Waals surface area contributed by atoms with Crippen molar-refractivity contribution in [1.29, 1.82) is 0 Å². The van der Waals surface area contributed by atoms with Crippen LogP contribution < -0.4 is 21.7 Å². The van der Waals surface area contributed by atoms with Crippen molar-refractivity contribution < 1.29 is 19.1 Å². The molecule has 4 rings (SSSR count). The minimum atomic E-state index is -0.711. The lowest BCUT2D eigenvalue weighted by Gasteiger charge is -2.33. The monoisotopic (exact) mass is 450 g/mol. The highest BCUT2D eigenvalue weighted by Crippen LogP contribution is 2.29. The van der Waals surface area contributed by atoms with Crippen LogP contribution in [0.15, 0.2) is 48.8 Å². The predicted molar refractivity (Wildman–Crippen MR) is 122 cm³/mol. The number of aromatic nitrogens is 2. The summed E-state index contributed by atoms with van der Waals surface area (Å²) in [7, 11) is 0. The number of pyridine rings is 2. The van der Waals surface area contributed by atoms with Crippen LogP contribution in [-0.2, 0) is 0 Å². The number of nitrogens with zero attached hydrogens (tertiary/aromatic N) is 3. The zero-order chi connectivity index (χ0) is 23.5. The minimum absolute atomic E-state index is 0.0183. The Balaban J connectivity index is 1.65. The highest BCUT2D eigenvalue weighted by Gasteiger charge is 2.22. The van der Waals surface area contributed by atoms with Crippen LogP contribution >= 0.6 is 0 Å². The second-order valence-corrected chi connectivity index (χ2v) is 7.78. The van der Waals surface area contributed by atoms with Gasteiger partial charge in [0, 0.05) is 30.4 Å². The van der Waals surface area contributed by atoms with E-state index in [2.05, 4.69) is 15.3 Å². The van der Waals surface area contributed by atoms with Crippen LogP contribution in [-0.4, -0.2) is 46.1 Å². The van der Waals surface area contributed by atoms with Gasteiger partial charge in [-0.3, -0.25) is 14.6 Å². The number of hydrogen-bond donors (Lipinski definition) is 4. The standard InChI is InChI=1S/C23H23FN6O3/c24-16-4-3-13(22(26)32)10-15(16)18-6-5-17(25)21(28-18)23(33)29-19-11-27-8-7-20(19)30-9-1-2-14(31)12-30/h3-8,10-11,14,31H,1-2,9,12,25H2,(H2,26,32)(H,29,33). The lowest BCUT2D eigenvalue weighted by Crippen LogP contribution is -2.38. The highest BCUT2D eigenvalue weighted by atomic mass is 19.1. The summed E-state index contributed by atoms with van der Waals surface area (Å²) >= 11 is 0. The summed E-state index contributed by atoms with van der Waals surface area (Å²) in [6.07, 6.45) is 4.21. The Morgan fingerprint density at radius 2 is 2.03 bits per heavy atom. The SMILES string of the molecule is NC(=O)c1ccc(F)c(-c2ccc(N)c(C(=O)Nc3cnccc3N3CCCC(O)C3)n2)c1. The van der Waals surface area contributed by atoms with Gasteiger partial charge in [0.15, 0.2) is 5.69 Å². The number of carbonyl (C=O) groups excluding carboxylic acids is 2. The van der Waals surface area contributed by atoms with Crippen molar-refractivity contribution >= 4 is 28.9 Å². The van der Waals surface area contributed by atoms with Crippen LogP contribution in [0.4, 0.5) is 21.5 Å². The normalized spacial score (nSPS) is 15.8. The quantitative estimate of drug-likeness (QED) is 0.466. The van der Waals surface area contributed by atoms with Crippen molar-refractivity contribution in [2.24, 2.45) is 5.73 Å². The van der Waals surface area contributed by atoms with Gasteiger partial charge in [0.25, 0.3) is 5.91 Å². The number of aliphatic hydroxyl groups excluding tert-OH is 1. The average molecular weight is 450 g/mol. The number of piperidine rings is 1. The third-order valence-electron chi connectivity index (χ3n) is 5.45. The molecule has 6 N–H and O–H groups in total. The highest BCUT2D eigenvalue weighted by molar-refractivity contribution is 6.08. The van der Waals surface area contributed by atoms with Gasteiger partial charge in [0.1, 0.15) is 5.82 Å². The predicted octanol–water partition coefficient (Wildman–Crippen LogP) is 2.18. The molecular weight excluding hydrogens is 427 g/mol. The number of benzene rings is 1. The van der Waals surface area contributed by atoms with Gasteiger partial charge in [-0.2, -0.15) is 0 Å². The molecule has 2 aromatic heterocycles. The summed E-state index contributed by atoms with van der Waals surface area (Å²) < 4.78 is 14.4. The molecule has 0 saturated carbocycles. The summed E-state index contributed by atoms with van der Waals surface area (Å²) in [5.74, 6) is -1.94. The number of rotatable bonds is 5. The number of nitrogens with one attached hydrogen (secondary N) is 1. The Morgan fingerprint density at radius 3 is 2.79 bits per heavy atom. The molecule has 1 aliphatic heterocycles. The van der Waals surface area contributed by atoms with E-state index in [1.807, 2.05) is 4.90 Å². The summed E-state index contributed by atoms with van der Waals surface area (Å²) in [6.45, 7) is 1.17. The van der Waals surface area contributed by atoms with Gasteiger partial charge in [-0.15, -0.1) is 0 Å². The van der Waals surface area contributed by atoms with Gasteiger partial charge >= 0.3 is 0 Å². The van der Waals surface area contributed by atoms with Gasteiger partial charge in [0.2, 0.25) is 5.91 Å². The third kappa shape index (κ3) is 4.75. The average Bonchev–Trinajstić information content (AvgIpc) is 2.80. The topological polar surface area (TPSA) is 147 Å². The number of anilines is 3. The largest absolute Gasteiger partial charge is 0.397 e. The molecule has 0 spiro atoms. The molecule has 1 fully saturated rings. The van der Waals surface area contributed by atoms with Crippen LogP contribution in [0, 0.1) is 5.82 Å². The maximum Gasteiger partial charge on any atom is 0.276 e. The number of halogens is 1. The molecule has 1 unspecified atom stereocenters. The molecule has 1 aromatic carbocycles. The summed E-state index contributed by atoms with van der Waals surface area (Å²) in [5.41, 5.74) is 12.7. The first-order valence-corrected chi connectivity index (χ1v) is 10.4. The number of β-amino-alcohol motifs (C(OH)–C–C–N with tert-alkyl or cyclic N) is 1. The first kappa shape index (κ1) is 22.2. The van der Waals surface area contributed by atoms with Gasteiger partial charge < -0.3 is 26.8 Å². The Kier molecular flexibility index (Phi) is 6.18. The molecule has 3 heterocycles. The molecule has 0 aliphatic carbocycles. The summed E-state index contributed by atoms with van der Waals surface area (Å²) in [6, 6.07) is 8.32. The number of amides is 2. The molecule has 10 heteroatoms. The van der Waals surface area contributed by atoms with E-state index in [9.17, 15) is 19.1 Å². The summed E-state index contributed by atoms with van der Waals surface area (Å²) in [4.78, 5) is 34.9. The summed E-state index contributed by atoms with van der Waals surface area (Å²) in [5, 5.41) is 12.8. The van der Waals surface area contributed by atoms with E-state index < -0.39 is 23.7 Å². The molecule has 1 atom stereocenters. The second kappa shape index (κ2) is 9.21. The van der Waals surface area contributed by atoms with E-state index in [0.717, 1.165) is 25.5 Å². The first-order valence-electron chi connectivity index (χ1n) is 10.4. The van der Waals surface area contributed by atoms with Crippen LogP contribution in [0.5, 0.6) is 0 Å². The molecule has 2 amide bonds. The number of carbonyl (C=O) groups is 2. The lowest BCUT2D eigenvalue weighted by atomic mass is 10.1. The lowest BCUT2D eigenvalue weighted by molar-refractivity contribution is 0.0997. The molecule has 0 radical (unpaired) electrons. The van der Waals surface area contributed by atoms with E-state index in [1.54, 1.807) is 12.3 Å². The van der Waals surface area contributed by atoms with Crippen molar-refractivity contribution in [2.45, 2.75) is 18.9 Å². The van der Waals surface area contributed by atoms with E-state index in [4.69, 9.17) is 11.5 Å². The number of primary amides is 1. The third-order valence-corrected chi connectivity index (χ3v) is 5.45. The molecule has 170 valence electrons. The molecule has 1 aliphatic rings. The number of nitrogen functional groups attached to an aromatic ring is 1. The van der Waals surface area contributed by atoms with Crippen LogP contribution in [0.25, 0.3) is 11.3 Å². The minimum Gasteiger partial charge on any atom is -0.397 e. The van der Waals surface area contributed by atoms with Crippen LogP contribution in [0.3, 0.4) is 0 Å². The van der Waals surface area contributed by atoms with Gasteiger partial charge in [-0.1, -0.05) is 0 Å². The number of aliphatic hydroxyl groups is 1. The molecule has 9 nitrogen and oxygen atoms in total. The Labute approximate surface area is 189 Å². The van der Waals surface area contributed by atoms with Gasteiger partial charge in [-0.25, -0.2) is 9.37 Å². The van der Waals surface area contributed by atoms with Crippen LogP contribution in [0.2, 0.25) is 0 Å². The smallest absolute Gasteiger partial charge is 0.276 e. The zero-order valence-electron chi connectivity index (χ0n) is 17.7. The Hall–Kier alpha value is -4.05. The first-order chi connectivity index (χ1) is 15.8. The van der Waals surface area contributed by atoms with Crippen molar-refractivity contribution in [3.63, 3.8) is 0 Å². The number of hydrogen-bond acceptors (Lipinski definition) is 7. The van der Waals surface area contributed by atoms with Gasteiger partial charge in [-0.05, 0) is 49.2 Å². The van der Waals surface area contributed by atoms with E-state index in [-0.39, 0.29) is 28.2 Å². The molecular formula is C23H23FN6O3. The zero-order valence-corrected chi connectivity index (χ0v) is 17.7. The van der Waals surface area contributed by atoms with Crippen molar-refractivity contribution in [3.8, 4) is 11.3 Å². The van der Waals surface area contributed by atoms with Gasteiger partial charge in [0.05, 0.1) is 35.1 Å². The molecule has 3 aromatic rings. The Morgan fingerprint density at radius 1 is 1.21 bits per heavy atom. The van der Waals surface area contributed by atoms with Crippen LogP contribution in [0.1, 0.15) is 33.7 Å². The van der Waals surface area contributed by atoms with Crippen molar-refractivity contribution in [1.82, 2.24) is 9.97 Å². The molecule has 1 saturated heterocycles. The maximum absolute atomic E-state index is 14.4. The maximum atomic E-state index is 14.4. The number of nitrogens with two attached hydrogens (primary N) is 2. The van der Waals surface area contributed by atoms with E-state index in [0.29, 0.717) is 17.9 Å². The fraction of sp³-hybridized carbons (Fsp3) is 0.217. The molecule has 33 heavy (non-hydrogen) atoms. The second-order valence-electron chi connectivity index (χ2n) is 7.78.